The molecular weight excluding hydrogens is 212 g/mol. The van der Waals surface area contributed by atoms with Crippen LogP contribution >= 0.6 is 0 Å². The largest absolute Gasteiger partial charge is 0.339 e. The van der Waals surface area contributed by atoms with E-state index in [9.17, 15) is 4.79 Å². The lowest BCUT2D eigenvalue weighted by molar-refractivity contribution is -0.138. The van der Waals surface area contributed by atoms with Crippen molar-refractivity contribution in [3.63, 3.8) is 0 Å². The summed E-state index contributed by atoms with van der Waals surface area (Å²) in [5.74, 6) is 1.64. The minimum atomic E-state index is 0.222. The van der Waals surface area contributed by atoms with Crippen molar-refractivity contribution in [1.29, 1.82) is 0 Å². The van der Waals surface area contributed by atoms with E-state index < -0.39 is 0 Å². The molecule has 3 nitrogen and oxygen atoms in total. The Morgan fingerprint density at radius 1 is 1.29 bits per heavy atom. The maximum Gasteiger partial charge on any atom is 0.226 e. The van der Waals surface area contributed by atoms with Crippen LogP contribution < -0.4 is 5.73 Å². The summed E-state index contributed by atoms with van der Waals surface area (Å²) in [4.78, 5) is 14.8. The van der Waals surface area contributed by atoms with Gasteiger partial charge in [-0.25, -0.2) is 0 Å². The van der Waals surface area contributed by atoms with Crippen molar-refractivity contribution in [3.05, 3.63) is 0 Å². The van der Waals surface area contributed by atoms with Crippen LogP contribution in [0.3, 0.4) is 0 Å². The number of rotatable bonds is 3. The third kappa shape index (κ3) is 2.49. The average Bonchev–Trinajstić information content (AvgIpc) is 2.96. The van der Waals surface area contributed by atoms with E-state index in [0.29, 0.717) is 30.3 Å². The molecule has 2 N–H and O–H groups in total. The second-order valence-corrected chi connectivity index (χ2v) is 6.02. The van der Waals surface area contributed by atoms with Crippen LogP contribution in [0.5, 0.6) is 0 Å². The van der Waals surface area contributed by atoms with Crippen molar-refractivity contribution in [2.24, 2.45) is 23.5 Å². The van der Waals surface area contributed by atoms with Crippen molar-refractivity contribution in [1.82, 2.24) is 4.90 Å². The zero-order valence-electron chi connectivity index (χ0n) is 11.2. The number of hydrogen-bond acceptors (Lipinski definition) is 2. The van der Waals surface area contributed by atoms with Crippen molar-refractivity contribution in [2.45, 2.75) is 52.0 Å². The van der Waals surface area contributed by atoms with E-state index in [-0.39, 0.29) is 5.92 Å². The molecule has 1 heterocycles. The Kier molecular flexibility index (Phi) is 4.08. The molecule has 0 radical (unpaired) electrons. The molecule has 1 saturated carbocycles. The van der Waals surface area contributed by atoms with Gasteiger partial charge in [0.15, 0.2) is 0 Å². The van der Waals surface area contributed by atoms with Crippen molar-refractivity contribution < 1.29 is 4.79 Å². The molecule has 2 aliphatic rings. The zero-order chi connectivity index (χ0) is 12.4. The van der Waals surface area contributed by atoms with Gasteiger partial charge in [0.2, 0.25) is 5.91 Å². The first-order valence-corrected chi connectivity index (χ1v) is 7.15. The van der Waals surface area contributed by atoms with Crippen molar-refractivity contribution >= 4 is 5.91 Å². The molecule has 1 aliphatic carbocycles. The number of nitrogens with two attached hydrogens (primary N) is 1. The van der Waals surface area contributed by atoms with E-state index in [2.05, 4.69) is 18.7 Å². The molecule has 17 heavy (non-hydrogen) atoms. The van der Waals surface area contributed by atoms with Gasteiger partial charge in [-0.2, -0.15) is 0 Å². The molecular formula is C14H26N2O. The first-order valence-electron chi connectivity index (χ1n) is 7.15. The topological polar surface area (TPSA) is 46.3 Å². The van der Waals surface area contributed by atoms with Crippen LogP contribution in [0.4, 0.5) is 0 Å². The second-order valence-electron chi connectivity index (χ2n) is 6.02. The fourth-order valence-electron chi connectivity index (χ4n) is 3.62. The summed E-state index contributed by atoms with van der Waals surface area (Å²) in [7, 11) is 0. The van der Waals surface area contributed by atoms with Gasteiger partial charge < -0.3 is 10.6 Å². The summed E-state index contributed by atoms with van der Waals surface area (Å²) in [5, 5.41) is 0. The summed E-state index contributed by atoms with van der Waals surface area (Å²) in [6.07, 6.45) is 5.74. The van der Waals surface area contributed by atoms with Gasteiger partial charge in [-0.05, 0) is 44.1 Å². The van der Waals surface area contributed by atoms with Gasteiger partial charge in [0, 0.05) is 18.5 Å². The Balaban J connectivity index is 2.03. The highest BCUT2D eigenvalue weighted by Gasteiger charge is 2.39. The normalized spacial score (nSPS) is 33.6. The number of hydrogen-bond donors (Lipinski definition) is 1. The number of carbonyl (C=O) groups is 1. The van der Waals surface area contributed by atoms with Gasteiger partial charge in [0.25, 0.3) is 0 Å². The third-order valence-corrected chi connectivity index (χ3v) is 4.63. The van der Waals surface area contributed by atoms with Crippen LogP contribution in [0.25, 0.3) is 0 Å². The molecule has 3 heteroatoms. The van der Waals surface area contributed by atoms with Gasteiger partial charge in [-0.15, -0.1) is 0 Å². The molecule has 1 amide bonds. The fraction of sp³-hybridized carbons (Fsp3) is 0.929. The van der Waals surface area contributed by atoms with E-state index in [4.69, 9.17) is 5.73 Å². The number of nitrogens with zero attached hydrogens (tertiary/aromatic N) is 1. The Morgan fingerprint density at radius 3 is 2.71 bits per heavy atom. The van der Waals surface area contributed by atoms with E-state index >= 15 is 0 Å². The highest BCUT2D eigenvalue weighted by atomic mass is 16.2. The summed E-state index contributed by atoms with van der Waals surface area (Å²) in [6.45, 7) is 6.10. The lowest BCUT2D eigenvalue weighted by Crippen LogP contribution is -2.43. The molecule has 0 aromatic heterocycles. The van der Waals surface area contributed by atoms with Gasteiger partial charge in [0.1, 0.15) is 0 Å². The zero-order valence-corrected chi connectivity index (χ0v) is 11.2. The third-order valence-electron chi connectivity index (χ3n) is 4.63. The minimum absolute atomic E-state index is 0.222. The van der Waals surface area contributed by atoms with E-state index in [1.807, 2.05) is 0 Å². The summed E-state index contributed by atoms with van der Waals surface area (Å²) in [5.41, 5.74) is 5.78. The van der Waals surface area contributed by atoms with Crippen molar-refractivity contribution in [3.8, 4) is 0 Å². The standard InChI is InChI=1S/C14H26N2O/c1-10(2)13-7-4-8-16(13)14(17)12-6-3-5-11(12)9-15/h10-13H,3-9,15H2,1-2H3. The Labute approximate surface area is 105 Å². The number of carbonyl (C=O) groups excluding carboxylic acids is 1. The Bertz CT molecular complexity index is 277. The Morgan fingerprint density at radius 2 is 2.06 bits per heavy atom. The number of amides is 1. The van der Waals surface area contributed by atoms with Crippen LogP contribution in [-0.2, 0) is 4.79 Å². The van der Waals surface area contributed by atoms with E-state index in [0.717, 1.165) is 19.4 Å². The molecule has 3 atom stereocenters. The monoisotopic (exact) mass is 238 g/mol. The second kappa shape index (κ2) is 5.38. The molecule has 2 rings (SSSR count). The summed E-state index contributed by atoms with van der Waals surface area (Å²) < 4.78 is 0. The number of likely N-dealkylation sites (tertiary alicyclic amines) is 1. The predicted molar refractivity (Wildman–Crippen MR) is 69.5 cm³/mol. The summed E-state index contributed by atoms with van der Waals surface area (Å²) >= 11 is 0. The van der Waals surface area contributed by atoms with E-state index in [1.165, 1.54) is 19.3 Å². The maximum absolute atomic E-state index is 12.6. The SMILES string of the molecule is CC(C)C1CCCN1C(=O)C1CCCC1CN. The molecule has 98 valence electrons. The van der Waals surface area contributed by atoms with Crippen LogP contribution in [-0.4, -0.2) is 29.9 Å². The van der Waals surface area contributed by atoms with E-state index in [1.54, 1.807) is 0 Å². The molecule has 1 aliphatic heterocycles. The predicted octanol–water partition coefficient (Wildman–Crippen LogP) is 2.01. The molecule has 1 saturated heterocycles. The maximum atomic E-state index is 12.6. The van der Waals surface area contributed by atoms with Crippen molar-refractivity contribution in [2.75, 3.05) is 13.1 Å². The highest BCUT2D eigenvalue weighted by Crippen LogP contribution is 2.35. The van der Waals surface area contributed by atoms with Gasteiger partial charge in [-0.1, -0.05) is 20.3 Å². The van der Waals surface area contributed by atoms with Crippen LogP contribution in [0.1, 0.15) is 46.0 Å². The fourth-order valence-corrected chi connectivity index (χ4v) is 3.62. The van der Waals surface area contributed by atoms with Crippen LogP contribution in [0, 0.1) is 17.8 Å². The minimum Gasteiger partial charge on any atom is -0.339 e. The summed E-state index contributed by atoms with van der Waals surface area (Å²) in [6, 6.07) is 0.474. The quantitative estimate of drug-likeness (QED) is 0.817. The van der Waals surface area contributed by atoms with Gasteiger partial charge in [0.05, 0.1) is 0 Å². The molecule has 3 unspecified atom stereocenters. The highest BCUT2D eigenvalue weighted by molar-refractivity contribution is 5.80. The lowest BCUT2D eigenvalue weighted by atomic mass is 9.93. The smallest absolute Gasteiger partial charge is 0.226 e. The van der Waals surface area contributed by atoms with Gasteiger partial charge in [-0.3, -0.25) is 4.79 Å². The average molecular weight is 238 g/mol. The molecule has 0 bridgehead atoms. The lowest BCUT2D eigenvalue weighted by Gasteiger charge is -2.31. The molecule has 0 aromatic rings. The van der Waals surface area contributed by atoms with Gasteiger partial charge >= 0.3 is 0 Å². The van der Waals surface area contributed by atoms with Crippen LogP contribution in [0.2, 0.25) is 0 Å². The molecule has 0 aromatic carbocycles. The van der Waals surface area contributed by atoms with Crippen LogP contribution in [0.15, 0.2) is 0 Å². The molecule has 0 spiro atoms. The first kappa shape index (κ1) is 12.9. The Hall–Kier alpha value is -0.570. The molecule has 2 fully saturated rings. The first-order chi connectivity index (χ1) is 8.15.